The summed E-state index contributed by atoms with van der Waals surface area (Å²) < 4.78 is 0. The Morgan fingerprint density at radius 3 is 2.92 bits per heavy atom. The van der Waals surface area contributed by atoms with Crippen molar-refractivity contribution in [3.05, 3.63) is 63.8 Å². The molecule has 0 saturated carbocycles. The molecule has 0 bridgehead atoms. The summed E-state index contributed by atoms with van der Waals surface area (Å²) in [7, 11) is 2.13. The van der Waals surface area contributed by atoms with Crippen LogP contribution in [-0.2, 0) is 6.54 Å². The molecule has 0 unspecified atom stereocenters. The standard InChI is InChI=1S/C20H26N4O2/c1-15-12-19(25)22-13-18(15)20(26)24-10-5-7-17(8-11-24)23(2)14-16-6-3-4-9-21-16/h3-4,6,9,12-13,17H,5,7-8,10-11,14H2,1-2H3,(H,22,25)/t17-/m0/s1. The highest BCUT2D eigenvalue weighted by molar-refractivity contribution is 5.95. The van der Waals surface area contributed by atoms with Gasteiger partial charge in [-0.1, -0.05) is 6.07 Å². The molecule has 2 aromatic heterocycles. The van der Waals surface area contributed by atoms with E-state index in [1.807, 2.05) is 36.2 Å². The lowest BCUT2D eigenvalue weighted by molar-refractivity contribution is 0.0756. The zero-order valence-electron chi connectivity index (χ0n) is 15.4. The second kappa shape index (κ2) is 8.27. The van der Waals surface area contributed by atoms with Crippen molar-refractivity contribution in [2.45, 2.75) is 38.8 Å². The molecular formula is C20H26N4O2. The summed E-state index contributed by atoms with van der Waals surface area (Å²) in [6.07, 6.45) is 6.35. The van der Waals surface area contributed by atoms with Crippen molar-refractivity contribution in [3.8, 4) is 0 Å². The third-order valence-electron chi connectivity index (χ3n) is 5.11. The van der Waals surface area contributed by atoms with Gasteiger partial charge in [-0.05, 0) is 50.9 Å². The summed E-state index contributed by atoms with van der Waals surface area (Å²) in [6, 6.07) is 7.90. The highest BCUT2D eigenvalue weighted by Gasteiger charge is 2.24. The van der Waals surface area contributed by atoms with E-state index in [4.69, 9.17) is 0 Å². The van der Waals surface area contributed by atoms with Crippen molar-refractivity contribution < 1.29 is 4.79 Å². The largest absolute Gasteiger partial charge is 0.339 e. The average molecular weight is 354 g/mol. The number of nitrogens with zero attached hydrogens (tertiary/aromatic N) is 3. The van der Waals surface area contributed by atoms with Crippen molar-refractivity contribution in [3.63, 3.8) is 0 Å². The molecule has 0 aliphatic carbocycles. The van der Waals surface area contributed by atoms with E-state index >= 15 is 0 Å². The van der Waals surface area contributed by atoms with Crippen LogP contribution in [0.4, 0.5) is 0 Å². The predicted octanol–water partition coefficient (Wildman–Crippen LogP) is 2.21. The van der Waals surface area contributed by atoms with Crippen molar-refractivity contribution in [2.24, 2.45) is 0 Å². The Morgan fingerprint density at radius 1 is 1.35 bits per heavy atom. The lowest BCUT2D eigenvalue weighted by atomic mass is 10.1. The third kappa shape index (κ3) is 4.38. The molecule has 138 valence electrons. The number of aromatic nitrogens is 2. The maximum Gasteiger partial charge on any atom is 0.255 e. The first kappa shape index (κ1) is 18.3. The molecule has 2 aromatic rings. The average Bonchev–Trinajstić information content (AvgIpc) is 2.88. The number of pyridine rings is 2. The molecule has 6 nitrogen and oxygen atoms in total. The molecule has 1 fully saturated rings. The Balaban J connectivity index is 1.62. The van der Waals surface area contributed by atoms with Crippen molar-refractivity contribution in [1.29, 1.82) is 0 Å². The Kier molecular flexibility index (Phi) is 5.83. The molecule has 26 heavy (non-hydrogen) atoms. The fraction of sp³-hybridized carbons (Fsp3) is 0.450. The van der Waals surface area contributed by atoms with Gasteiger partial charge in [-0.3, -0.25) is 19.5 Å². The fourth-order valence-electron chi connectivity index (χ4n) is 3.57. The van der Waals surface area contributed by atoms with Gasteiger partial charge in [-0.15, -0.1) is 0 Å². The third-order valence-corrected chi connectivity index (χ3v) is 5.11. The minimum atomic E-state index is -0.175. The number of nitrogens with one attached hydrogen (secondary N) is 1. The number of aromatic amines is 1. The summed E-state index contributed by atoms with van der Waals surface area (Å²) in [6.45, 7) is 4.11. The molecular weight excluding hydrogens is 328 g/mol. The van der Waals surface area contributed by atoms with Gasteiger partial charge in [0, 0.05) is 44.1 Å². The van der Waals surface area contributed by atoms with Gasteiger partial charge in [-0.2, -0.15) is 0 Å². The van der Waals surface area contributed by atoms with Crippen LogP contribution in [0.5, 0.6) is 0 Å². The summed E-state index contributed by atoms with van der Waals surface area (Å²) in [5.41, 5.74) is 2.21. The quantitative estimate of drug-likeness (QED) is 0.914. The number of rotatable bonds is 4. The van der Waals surface area contributed by atoms with E-state index in [0.29, 0.717) is 11.6 Å². The van der Waals surface area contributed by atoms with Crippen LogP contribution in [0.25, 0.3) is 0 Å². The zero-order valence-corrected chi connectivity index (χ0v) is 15.4. The van der Waals surface area contributed by atoms with Crippen molar-refractivity contribution in [1.82, 2.24) is 19.8 Å². The van der Waals surface area contributed by atoms with Gasteiger partial charge in [-0.25, -0.2) is 0 Å². The smallest absolute Gasteiger partial charge is 0.255 e. The van der Waals surface area contributed by atoms with Crippen LogP contribution in [0.3, 0.4) is 0 Å². The number of hydrogen-bond donors (Lipinski definition) is 1. The van der Waals surface area contributed by atoms with E-state index in [2.05, 4.69) is 21.9 Å². The zero-order chi connectivity index (χ0) is 18.5. The van der Waals surface area contributed by atoms with Crippen molar-refractivity contribution >= 4 is 5.91 Å². The molecule has 1 N–H and O–H groups in total. The van der Waals surface area contributed by atoms with E-state index in [-0.39, 0.29) is 11.5 Å². The van der Waals surface area contributed by atoms with Gasteiger partial charge in [0.2, 0.25) is 5.56 Å². The number of carbonyl (C=O) groups is 1. The second-order valence-electron chi connectivity index (χ2n) is 7.01. The Labute approximate surface area is 153 Å². The highest BCUT2D eigenvalue weighted by atomic mass is 16.2. The van der Waals surface area contributed by atoms with Crippen LogP contribution in [0.2, 0.25) is 0 Å². The first-order valence-corrected chi connectivity index (χ1v) is 9.13. The maximum absolute atomic E-state index is 12.8. The SMILES string of the molecule is Cc1cc(=O)[nH]cc1C(=O)N1CCC[C@H](N(C)Cc2ccccn2)CC1. The van der Waals surface area contributed by atoms with Crippen LogP contribution < -0.4 is 5.56 Å². The van der Waals surface area contributed by atoms with E-state index < -0.39 is 0 Å². The molecule has 1 aliphatic heterocycles. The number of hydrogen-bond acceptors (Lipinski definition) is 4. The first-order chi connectivity index (χ1) is 12.5. The van der Waals surface area contributed by atoms with Crippen LogP contribution in [0.15, 0.2) is 41.5 Å². The molecule has 1 amide bonds. The topological polar surface area (TPSA) is 69.3 Å². The number of likely N-dealkylation sites (tertiary alicyclic amines) is 1. The Morgan fingerprint density at radius 2 is 2.19 bits per heavy atom. The molecule has 0 aromatic carbocycles. The maximum atomic E-state index is 12.8. The van der Waals surface area contributed by atoms with E-state index in [1.165, 1.54) is 12.3 Å². The molecule has 6 heteroatoms. The summed E-state index contributed by atoms with van der Waals surface area (Å²) in [5, 5.41) is 0. The van der Waals surface area contributed by atoms with Crippen LogP contribution in [0.1, 0.15) is 40.9 Å². The Hall–Kier alpha value is -2.47. The van der Waals surface area contributed by atoms with Crippen LogP contribution >= 0.6 is 0 Å². The summed E-state index contributed by atoms with van der Waals surface area (Å²) in [5.74, 6) is 0.00628. The monoisotopic (exact) mass is 354 g/mol. The molecule has 0 spiro atoms. The first-order valence-electron chi connectivity index (χ1n) is 9.13. The van der Waals surface area contributed by atoms with E-state index in [0.717, 1.165) is 50.2 Å². The van der Waals surface area contributed by atoms with Crippen molar-refractivity contribution in [2.75, 3.05) is 20.1 Å². The summed E-state index contributed by atoms with van der Waals surface area (Å²) in [4.78, 5) is 35.5. The van der Waals surface area contributed by atoms with Gasteiger partial charge >= 0.3 is 0 Å². The van der Waals surface area contributed by atoms with Gasteiger partial charge < -0.3 is 9.88 Å². The normalized spacial score (nSPS) is 18.0. The van der Waals surface area contributed by atoms with Crippen LogP contribution in [-0.4, -0.2) is 51.9 Å². The summed E-state index contributed by atoms with van der Waals surface area (Å²) >= 11 is 0. The minimum Gasteiger partial charge on any atom is -0.339 e. The molecule has 3 heterocycles. The van der Waals surface area contributed by atoms with Gasteiger partial charge in [0.25, 0.3) is 5.91 Å². The van der Waals surface area contributed by atoms with Gasteiger partial charge in [0.1, 0.15) is 0 Å². The number of H-pyrrole nitrogens is 1. The lowest BCUT2D eigenvalue weighted by Gasteiger charge is -2.27. The minimum absolute atomic E-state index is 0.00628. The highest BCUT2D eigenvalue weighted by Crippen LogP contribution is 2.19. The molecule has 1 saturated heterocycles. The number of aryl methyl sites for hydroxylation is 1. The Bertz CT molecular complexity index is 803. The second-order valence-corrected chi connectivity index (χ2v) is 7.01. The molecule has 3 rings (SSSR count). The molecule has 1 aliphatic rings. The molecule has 1 atom stereocenters. The fourth-order valence-corrected chi connectivity index (χ4v) is 3.57. The number of carbonyl (C=O) groups excluding carboxylic acids is 1. The number of amides is 1. The van der Waals surface area contributed by atoms with Crippen LogP contribution in [0, 0.1) is 6.92 Å². The van der Waals surface area contributed by atoms with E-state index in [9.17, 15) is 9.59 Å². The molecule has 0 radical (unpaired) electrons. The van der Waals surface area contributed by atoms with Gasteiger partial charge in [0.05, 0.1) is 11.3 Å². The van der Waals surface area contributed by atoms with E-state index in [1.54, 1.807) is 0 Å². The predicted molar refractivity (Wildman–Crippen MR) is 101 cm³/mol. The van der Waals surface area contributed by atoms with Gasteiger partial charge in [0.15, 0.2) is 0 Å². The lowest BCUT2D eigenvalue weighted by Crippen LogP contribution is -2.35.